The van der Waals surface area contributed by atoms with Gasteiger partial charge >= 0.3 is 0 Å². The summed E-state index contributed by atoms with van der Waals surface area (Å²) in [6.07, 6.45) is 7.59. The summed E-state index contributed by atoms with van der Waals surface area (Å²) < 4.78 is 0. The Morgan fingerprint density at radius 3 is 3.17 bits per heavy atom. The van der Waals surface area contributed by atoms with Gasteiger partial charge in [-0.05, 0) is 12.3 Å². The van der Waals surface area contributed by atoms with E-state index in [1.54, 1.807) is 0 Å². The zero-order valence-electron chi connectivity index (χ0n) is 6.86. The molecular weight excluding hydrogens is 152 g/mol. The van der Waals surface area contributed by atoms with Crippen molar-refractivity contribution in [1.29, 1.82) is 0 Å². The minimum Gasteiger partial charge on any atom is -0.376 e. The van der Waals surface area contributed by atoms with Crippen LogP contribution in [0.15, 0.2) is 24.7 Å². The van der Waals surface area contributed by atoms with Crippen molar-refractivity contribution < 1.29 is 0 Å². The van der Waals surface area contributed by atoms with E-state index in [4.69, 9.17) is 0 Å². The second kappa shape index (κ2) is 2.81. The molecule has 1 aliphatic rings. The van der Waals surface area contributed by atoms with Gasteiger partial charge in [0.15, 0.2) is 5.82 Å². The Kier molecular flexibility index (Phi) is 1.66. The first-order valence-electron chi connectivity index (χ1n) is 3.79. The van der Waals surface area contributed by atoms with Crippen molar-refractivity contribution in [2.24, 2.45) is 0 Å². The highest BCUT2D eigenvalue weighted by molar-refractivity contribution is 5.63. The van der Waals surface area contributed by atoms with E-state index in [0.717, 1.165) is 17.9 Å². The van der Waals surface area contributed by atoms with Crippen molar-refractivity contribution in [2.45, 2.75) is 0 Å². The molecule has 0 radical (unpaired) electrons. The Hall–Kier alpha value is -1.58. The molecule has 4 nitrogen and oxygen atoms in total. The first-order valence-corrected chi connectivity index (χ1v) is 3.79. The maximum atomic E-state index is 4.08. The molecule has 1 aliphatic heterocycles. The fraction of sp³-hybridized carbons (Fsp3) is 0.250. The summed E-state index contributed by atoms with van der Waals surface area (Å²) in [6.45, 7) is 0.881. The summed E-state index contributed by atoms with van der Waals surface area (Å²) in [5.74, 6) is 0.853. The molecule has 0 bridgehead atoms. The lowest BCUT2D eigenvalue weighted by molar-refractivity contribution is 0.511. The molecule has 0 atom stereocenters. The van der Waals surface area contributed by atoms with Crippen molar-refractivity contribution >= 4 is 5.57 Å². The molecule has 1 aromatic heterocycles. The van der Waals surface area contributed by atoms with Gasteiger partial charge in [0.25, 0.3) is 0 Å². The molecule has 2 heterocycles. The van der Waals surface area contributed by atoms with E-state index in [2.05, 4.69) is 20.1 Å². The Bertz CT molecular complexity index is 310. The second-order valence-electron chi connectivity index (χ2n) is 2.78. The highest BCUT2D eigenvalue weighted by Crippen LogP contribution is 2.13. The molecule has 0 aromatic carbocycles. The van der Waals surface area contributed by atoms with Gasteiger partial charge in [0.05, 0.1) is 0 Å². The Morgan fingerprint density at radius 1 is 1.58 bits per heavy atom. The molecule has 1 N–H and O–H groups in total. The van der Waals surface area contributed by atoms with Crippen LogP contribution in [0.4, 0.5) is 0 Å². The van der Waals surface area contributed by atoms with Gasteiger partial charge in [-0.1, -0.05) is 6.08 Å². The first kappa shape index (κ1) is 7.09. The Balaban J connectivity index is 2.26. The van der Waals surface area contributed by atoms with Gasteiger partial charge in [-0.2, -0.15) is 5.10 Å². The molecule has 0 spiro atoms. The molecule has 1 aromatic rings. The van der Waals surface area contributed by atoms with Crippen LogP contribution < -0.4 is 0 Å². The summed E-state index contributed by atoms with van der Waals surface area (Å²) in [4.78, 5) is 6.17. The zero-order valence-corrected chi connectivity index (χ0v) is 6.86. The van der Waals surface area contributed by atoms with Crippen LogP contribution in [0.5, 0.6) is 0 Å². The van der Waals surface area contributed by atoms with Gasteiger partial charge in [0, 0.05) is 19.2 Å². The lowest BCUT2D eigenvalue weighted by Crippen LogP contribution is -2.16. The minimum absolute atomic E-state index is 0.853. The first-order chi connectivity index (χ1) is 5.86. The number of hydrogen-bond acceptors (Lipinski definition) is 3. The summed E-state index contributed by atoms with van der Waals surface area (Å²) in [5, 5.41) is 6.64. The summed E-state index contributed by atoms with van der Waals surface area (Å²) in [6, 6.07) is 0. The molecule has 0 amide bonds. The number of likely N-dealkylation sites (N-methyl/N-ethyl adjacent to an activating group) is 1. The number of aromatic nitrogens is 3. The molecule has 0 saturated carbocycles. The third-order valence-corrected chi connectivity index (χ3v) is 1.78. The number of nitrogens with one attached hydrogen (secondary N) is 1. The van der Waals surface area contributed by atoms with Gasteiger partial charge in [-0.25, -0.2) is 4.98 Å². The van der Waals surface area contributed by atoms with Crippen LogP contribution in [0, 0.1) is 0 Å². The zero-order chi connectivity index (χ0) is 8.39. The molecule has 12 heavy (non-hydrogen) atoms. The molecule has 0 saturated heterocycles. The average Bonchev–Trinajstić information content (AvgIpc) is 2.56. The predicted octanol–water partition coefficient (Wildman–Crippen LogP) is 0.647. The van der Waals surface area contributed by atoms with E-state index in [-0.39, 0.29) is 0 Å². The van der Waals surface area contributed by atoms with Crippen LogP contribution >= 0.6 is 0 Å². The van der Waals surface area contributed by atoms with Crippen LogP contribution in [-0.2, 0) is 0 Å². The number of hydrogen-bond donors (Lipinski definition) is 1. The topological polar surface area (TPSA) is 44.8 Å². The van der Waals surface area contributed by atoms with Crippen LogP contribution in [0.2, 0.25) is 0 Å². The van der Waals surface area contributed by atoms with Crippen LogP contribution in [-0.4, -0.2) is 33.7 Å². The van der Waals surface area contributed by atoms with Gasteiger partial charge in [-0.3, -0.25) is 5.10 Å². The third kappa shape index (κ3) is 1.23. The van der Waals surface area contributed by atoms with E-state index in [9.17, 15) is 0 Å². The largest absolute Gasteiger partial charge is 0.376 e. The summed E-state index contributed by atoms with van der Waals surface area (Å²) in [7, 11) is 2.03. The van der Waals surface area contributed by atoms with Crippen LogP contribution in [0.3, 0.4) is 0 Å². The van der Waals surface area contributed by atoms with Gasteiger partial charge < -0.3 is 4.90 Å². The quantitative estimate of drug-likeness (QED) is 0.659. The summed E-state index contributed by atoms with van der Waals surface area (Å²) in [5.41, 5.74) is 1.16. The second-order valence-corrected chi connectivity index (χ2v) is 2.78. The number of aromatic amines is 1. The molecule has 0 unspecified atom stereocenters. The van der Waals surface area contributed by atoms with E-state index >= 15 is 0 Å². The molecular formula is C8H10N4. The monoisotopic (exact) mass is 162 g/mol. The number of H-pyrrole nitrogens is 1. The van der Waals surface area contributed by atoms with Crippen molar-refractivity contribution in [3.63, 3.8) is 0 Å². The fourth-order valence-electron chi connectivity index (χ4n) is 1.19. The molecule has 4 heteroatoms. The Morgan fingerprint density at radius 2 is 2.50 bits per heavy atom. The molecule has 0 aliphatic carbocycles. The molecule has 0 fully saturated rings. The number of nitrogens with zero attached hydrogens (tertiary/aromatic N) is 3. The number of allylic oxidation sites excluding steroid dienone is 2. The van der Waals surface area contributed by atoms with Crippen LogP contribution in [0.25, 0.3) is 5.57 Å². The predicted molar refractivity (Wildman–Crippen MR) is 46.1 cm³/mol. The highest BCUT2D eigenvalue weighted by atomic mass is 15.2. The SMILES string of the molecule is CN1C=CC=C(c2ncn[nH]2)C1. The van der Waals surface area contributed by atoms with E-state index in [0.29, 0.717) is 0 Å². The third-order valence-electron chi connectivity index (χ3n) is 1.78. The number of rotatable bonds is 1. The lowest BCUT2D eigenvalue weighted by atomic mass is 10.2. The van der Waals surface area contributed by atoms with Crippen molar-refractivity contribution in [1.82, 2.24) is 20.1 Å². The van der Waals surface area contributed by atoms with Gasteiger partial charge in [0.1, 0.15) is 6.33 Å². The Labute approximate surface area is 70.6 Å². The maximum Gasteiger partial charge on any atom is 0.153 e. The van der Waals surface area contributed by atoms with Gasteiger partial charge in [0.2, 0.25) is 0 Å². The highest BCUT2D eigenvalue weighted by Gasteiger charge is 2.07. The van der Waals surface area contributed by atoms with Gasteiger partial charge in [-0.15, -0.1) is 0 Å². The fourth-order valence-corrected chi connectivity index (χ4v) is 1.19. The van der Waals surface area contributed by atoms with Crippen molar-refractivity contribution in [3.8, 4) is 0 Å². The lowest BCUT2D eigenvalue weighted by Gasteiger charge is -2.17. The molecule has 62 valence electrons. The summed E-state index contributed by atoms with van der Waals surface area (Å²) >= 11 is 0. The van der Waals surface area contributed by atoms with Crippen LogP contribution in [0.1, 0.15) is 5.82 Å². The van der Waals surface area contributed by atoms with E-state index < -0.39 is 0 Å². The minimum atomic E-state index is 0.853. The van der Waals surface area contributed by atoms with Crippen molar-refractivity contribution in [3.05, 3.63) is 30.5 Å². The maximum absolute atomic E-state index is 4.08. The van der Waals surface area contributed by atoms with E-state index in [1.165, 1.54) is 6.33 Å². The standard InChI is InChI=1S/C8H10N4/c1-12-4-2-3-7(5-12)8-9-6-10-11-8/h2-4,6H,5H2,1H3,(H,9,10,11). The molecule has 2 rings (SSSR count). The smallest absolute Gasteiger partial charge is 0.153 e. The normalized spacial score (nSPS) is 16.4. The van der Waals surface area contributed by atoms with E-state index in [1.807, 2.05) is 25.4 Å². The van der Waals surface area contributed by atoms with Crippen molar-refractivity contribution in [2.75, 3.05) is 13.6 Å². The average molecular weight is 162 g/mol.